The summed E-state index contributed by atoms with van der Waals surface area (Å²) in [5.41, 5.74) is 16.7. The fourth-order valence-electron chi connectivity index (χ4n) is 8.62. The van der Waals surface area contributed by atoms with Gasteiger partial charge in [0.05, 0.1) is 22.1 Å². The van der Waals surface area contributed by atoms with E-state index < -0.39 is 0 Å². The zero-order valence-electron chi connectivity index (χ0n) is 30.7. The lowest BCUT2D eigenvalue weighted by molar-refractivity contribution is 1.17. The molecular weight excluding hydrogens is 677 g/mol. The number of aromatic nitrogens is 2. The van der Waals surface area contributed by atoms with E-state index in [1.54, 1.807) is 0 Å². The van der Waals surface area contributed by atoms with Crippen molar-refractivity contribution in [3.63, 3.8) is 0 Å². The van der Waals surface area contributed by atoms with Gasteiger partial charge in [-0.2, -0.15) is 0 Å². The highest BCUT2D eigenvalue weighted by Crippen LogP contribution is 2.39. The van der Waals surface area contributed by atoms with Crippen LogP contribution in [0, 0.1) is 0 Å². The molecule has 2 heteroatoms. The monoisotopic (exact) mass is 712 g/mol. The molecule has 0 saturated carbocycles. The van der Waals surface area contributed by atoms with Crippen LogP contribution >= 0.6 is 0 Å². The minimum absolute atomic E-state index is 1.13. The van der Waals surface area contributed by atoms with Gasteiger partial charge >= 0.3 is 0 Å². The number of nitrogens with zero attached hydrogens (tertiary/aromatic N) is 2. The fraction of sp³-hybridized carbons (Fsp3) is 0. The Kier molecular flexibility index (Phi) is 7.53. The van der Waals surface area contributed by atoms with Gasteiger partial charge in [0.25, 0.3) is 0 Å². The molecule has 0 N–H and O–H groups in total. The average Bonchev–Trinajstić information content (AvgIpc) is 3.80. The predicted octanol–water partition coefficient (Wildman–Crippen LogP) is 14.5. The van der Waals surface area contributed by atoms with Crippen molar-refractivity contribution in [2.45, 2.75) is 0 Å². The first-order valence-electron chi connectivity index (χ1n) is 19.3. The van der Waals surface area contributed by atoms with Gasteiger partial charge in [0.15, 0.2) is 0 Å². The van der Waals surface area contributed by atoms with Gasteiger partial charge in [-0.3, -0.25) is 0 Å². The Morgan fingerprint density at radius 1 is 0.196 bits per heavy atom. The second-order valence-electron chi connectivity index (χ2n) is 14.6. The molecule has 2 aromatic heterocycles. The molecule has 0 bridgehead atoms. The van der Waals surface area contributed by atoms with E-state index in [4.69, 9.17) is 0 Å². The van der Waals surface area contributed by atoms with E-state index in [0.717, 1.165) is 11.4 Å². The van der Waals surface area contributed by atoms with E-state index >= 15 is 0 Å². The smallest absolute Gasteiger partial charge is 0.0542 e. The number of hydrogen-bond donors (Lipinski definition) is 0. The van der Waals surface area contributed by atoms with Gasteiger partial charge in [-0.05, 0) is 99.1 Å². The zero-order valence-corrected chi connectivity index (χ0v) is 30.7. The van der Waals surface area contributed by atoms with Crippen molar-refractivity contribution in [3.8, 4) is 55.9 Å². The average molecular weight is 713 g/mol. The molecule has 262 valence electrons. The highest BCUT2D eigenvalue weighted by atomic mass is 15.0. The molecule has 2 heterocycles. The highest BCUT2D eigenvalue weighted by Gasteiger charge is 2.18. The molecule has 9 aromatic carbocycles. The Morgan fingerprint density at radius 3 is 1.00 bits per heavy atom. The van der Waals surface area contributed by atoms with Crippen LogP contribution in [-0.4, -0.2) is 9.13 Å². The molecule has 0 spiro atoms. The van der Waals surface area contributed by atoms with Gasteiger partial charge in [0.1, 0.15) is 0 Å². The zero-order chi connectivity index (χ0) is 37.0. The molecule has 0 radical (unpaired) electrons. The third-order valence-electron chi connectivity index (χ3n) is 11.3. The fourth-order valence-corrected chi connectivity index (χ4v) is 8.62. The summed E-state index contributed by atoms with van der Waals surface area (Å²) in [6.45, 7) is 0. The van der Waals surface area contributed by atoms with Gasteiger partial charge in [-0.1, -0.05) is 164 Å². The second-order valence-corrected chi connectivity index (χ2v) is 14.6. The third kappa shape index (κ3) is 5.34. The number of para-hydroxylation sites is 3. The van der Waals surface area contributed by atoms with Gasteiger partial charge in [0.2, 0.25) is 0 Å². The molecule has 0 aliphatic carbocycles. The maximum atomic E-state index is 2.45. The predicted molar refractivity (Wildman–Crippen MR) is 237 cm³/mol. The van der Waals surface area contributed by atoms with Crippen LogP contribution < -0.4 is 0 Å². The number of rotatable bonds is 6. The molecule has 11 aromatic rings. The summed E-state index contributed by atoms with van der Waals surface area (Å²) >= 11 is 0. The van der Waals surface area contributed by atoms with Crippen LogP contribution in [0.25, 0.3) is 99.5 Å². The lowest BCUT2D eigenvalue weighted by atomic mass is 9.95. The largest absolute Gasteiger partial charge is 0.309 e. The van der Waals surface area contributed by atoms with Crippen LogP contribution in [-0.2, 0) is 0 Å². The van der Waals surface area contributed by atoms with E-state index in [1.165, 1.54) is 88.1 Å². The van der Waals surface area contributed by atoms with E-state index in [2.05, 4.69) is 228 Å². The molecule has 0 fully saturated rings. The summed E-state index contributed by atoms with van der Waals surface area (Å²) < 4.78 is 4.86. The Balaban J connectivity index is 1.11. The topological polar surface area (TPSA) is 9.86 Å². The quantitative estimate of drug-likeness (QED) is 0.162. The number of hydrogen-bond acceptors (Lipinski definition) is 0. The van der Waals surface area contributed by atoms with Crippen molar-refractivity contribution in [2.24, 2.45) is 0 Å². The second kappa shape index (κ2) is 13.2. The van der Waals surface area contributed by atoms with Crippen molar-refractivity contribution < 1.29 is 0 Å². The SMILES string of the molecule is c1ccc(-c2ccc(-c3cc(-c4ccc(-c5ccccc5)cc4)cc(-n4c5ccccc5c5cc(-n6c7ccccc7c7ccccc76)ccc54)c3)cc2)cc1. The van der Waals surface area contributed by atoms with Gasteiger partial charge in [0, 0.05) is 32.9 Å². The first kappa shape index (κ1) is 32.0. The normalized spacial score (nSPS) is 11.6. The van der Waals surface area contributed by atoms with Crippen LogP contribution in [0.1, 0.15) is 0 Å². The summed E-state index contributed by atoms with van der Waals surface area (Å²) in [7, 11) is 0. The van der Waals surface area contributed by atoms with Crippen molar-refractivity contribution in [1.29, 1.82) is 0 Å². The summed E-state index contributed by atoms with van der Waals surface area (Å²) in [5, 5.41) is 5.00. The summed E-state index contributed by atoms with van der Waals surface area (Å²) in [6.07, 6.45) is 0. The van der Waals surface area contributed by atoms with Crippen LogP contribution in [0.5, 0.6) is 0 Å². The molecule has 0 aliphatic rings. The van der Waals surface area contributed by atoms with Crippen LogP contribution in [0.4, 0.5) is 0 Å². The van der Waals surface area contributed by atoms with Crippen molar-refractivity contribution in [3.05, 3.63) is 218 Å². The molecule has 0 atom stereocenters. The van der Waals surface area contributed by atoms with Gasteiger partial charge in [-0.15, -0.1) is 0 Å². The third-order valence-corrected chi connectivity index (χ3v) is 11.3. The summed E-state index contributed by atoms with van der Waals surface area (Å²) in [5.74, 6) is 0. The molecule has 0 saturated heterocycles. The number of benzene rings is 9. The molecule has 0 amide bonds. The van der Waals surface area contributed by atoms with Crippen LogP contribution in [0.15, 0.2) is 218 Å². The van der Waals surface area contributed by atoms with E-state index in [-0.39, 0.29) is 0 Å². The first-order chi connectivity index (χ1) is 27.8. The highest BCUT2D eigenvalue weighted by molar-refractivity contribution is 6.12. The minimum atomic E-state index is 1.13. The lowest BCUT2D eigenvalue weighted by Crippen LogP contribution is -1.97. The molecule has 2 nitrogen and oxygen atoms in total. The standard InChI is InChI=1S/C54H36N2/c1-3-13-37(14-4-1)39-23-27-41(28-24-39)43-33-44(42-29-25-40(26-30-42)38-15-5-2-6-16-38)35-46(34-43)56-53-22-12-9-19-49(53)50-36-45(31-32-54(50)56)55-51-20-10-7-17-47(51)48-18-8-11-21-52(48)55/h1-36H. The Labute approximate surface area is 325 Å². The van der Waals surface area contributed by atoms with E-state index in [1.807, 2.05) is 0 Å². The van der Waals surface area contributed by atoms with E-state index in [0.29, 0.717) is 0 Å². The van der Waals surface area contributed by atoms with Gasteiger partial charge < -0.3 is 9.13 Å². The van der Waals surface area contributed by atoms with Crippen LogP contribution in [0.3, 0.4) is 0 Å². The molecule has 0 aliphatic heterocycles. The maximum absolute atomic E-state index is 2.45. The van der Waals surface area contributed by atoms with Crippen molar-refractivity contribution >= 4 is 43.6 Å². The Hall–Kier alpha value is -7.42. The Bertz CT molecular complexity index is 3050. The van der Waals surface area contributed by atoms with Crippen molar-refractivity contribution in [2.75, 3.05) is 0 Å². The van der Waals surface area contributed by atoms with Crippen molar-refractivity contribution in [1.82, 2.24) is 9.13 Å². The number of fused-ring (bicyclic) bond motifs is 6. The van der Waals surface area contributed by atoms with Gasteiger partial charge in [-0.25, -0.2) is 0 Å². The van der Waals surface area contributed by atoms with E-state index in [9.17, 15) is 0 Å². The minimum Gasteiger partial charge on any atom is -0.309 e. The first-order valence-corrected chi connectivity index (χ1v) is 19.3. The molecule has 11 rings (SSSR count). The van der Waals surface area contributed by atoms with Crippen LogP contribution in [0.2, 0.25) is 0 Å². The molecular formula is C54H36N2. The molecule has 56 heavy (non-hydrogen) atoms. The molecule has 0 unspecified atom stereocenters. The summed E-state index contributed by atoms with van der Waals surface area (Å²) in [4.78, 5) is 0. The lowest BCUT2D eigenvalue weighted by Gasteiger charge is -2.15. The maximum Gasteiger partial charge on any atom is 0.0542 e. The Morgan fingerprint density at radius 2 is 0.536 bits per heavy atom. The summed E-state index contributed by atoms with van der Waals surface area (Å²) in [6, 6.07) is 79.5.